The van der Waals surface area contributed by atoms with Crippen LogP contribution in [0.25, 0.3) is 0 Å². The van der Waals surface area contributed by atoms with Gasteiger partial charge in [0.25, 0.3) is 5.56 Å². The van der Waals surface area contributed by atoms with Crippen LogP contribution < -0.4 is 22.2 Å². The predicted molar refractivity (Wildman–Crippen MR) is 91.1 cm³/mol. The molecular formula is C10H9Br2N7O3S. The third kappa shape index (κ3) is 3.93. The molecule has 0 bridgehead atoms. The van der Waals surface area contributed by atoms with Crippen molar-refractivity contribution in [1.82, 2.24) is 9.97 Å². The highest BCUT2D eigenvalue weighted by molar-refractivity contribution is 9.11. The third-order valence-corrected chi connectivity index (χ3v) is 4.61. The summed E-state index contributed by atoms with van der Waals surface area (Å²) in [5.74, 6) is -0.338. The Balaban J connectivity index is 2.52. The summed E-state index contributed by atoms with van der Waals surface area (Å²) in [5, 5.41) is 12.7. The second-order valence-electron chi connectivity index (χ2n) is 4.17. The number of hydrogen-bond acceptors (Lipinski definition) is 8. The minimum atomic E-state index is -3.88. The van der Waals surface area contributed by atoms with Gasteiger partial charge in [-0.25, -0.2) is 13.6 Å². The number of nitrogens with one attached hydrogen (secondary N) is 1. The SMILES string of the molecule is Nc1nc(N)c(N=Nc2c(Br)cc(S(N)(=O)=O)cc2Br)c(=O)[nH]1. The molecule has 13 heteroatoms. The minimum Gasteiger partial charge on any atom is -0.382 e. The highest BCUT2D eigenvalue weighted by Crippen LogP contribution is 2.37. The van der Waals surface area contributed by atoms with Gasteiger partial charge in [-0.15, -0.1) is 10.2 Å². The second-order valence-corrected chi connectivity index (χ2v) is 7.44. The molecular weight excluding hydrogens is 458 g/mol. The summed E-state index contributed by atoms with van der Waals surface area (Å²) in [6.45, 7) is 0. The third-order valence-electron chi connectivity index (χ3n) is 2.51. The van der Waals surface area contributed by atoms with Gasteiger partial charge in [-0.3, -0.25) is 9.78 Å². The maximum Gasteiger partial charge on any atom is 0.282 e. The number of nitrogens with two attached hydrogens (primary N) is 3. The maximum absolute atomic E-state index is 11.7. The molecule has 2 rings (SSSR count). The fourth-order valence-corrected chi connectivity index (χ4v) is 3.71. The van der Waals surface area contributed by atoms with Gasteiger partial charge in [-0.1, -0.05) is 0 Å². The summed E-state index contributed by atoms with van der Waals surface area (Å²) in [6.07, 6.45) is 0. The van der Waals surface area contributed by atoms with E-state index in [1.54, 1.807) is 0 Å². The molecule has 0 unspecified atom stereocenters. The first kappa shape index (κ1) is 17.5. The topological polar surface area (TPSA) is 183 Å². The number of rotatable bonds is 3. The van der Waals surface area contributed by atoms with E-state index in [0.29, 0.717) is 0 Å². The number of anilines is 2. The lowest BCUT2D eigenvalue weighted by Crippen LogP contribution is -2.13. The number of H-pyrrole nitrogens is 1. The van der Waals surface area contributed by atoms with Gasteiger partial charge < -0.3 is 11.5 Å². The summed E-state index contributed by atoms with van der Waals surface area (Å²) in [6, 6.07) is 2.51. The number of aromatic amines is 1. The Kier molecular flexibility index (Phi) is 4.84. The fourth-order valence-electron chi connectivity index (χ4n) is 1.50. The molecule has 0 radical (unpaired) electrons. The Hall–Kier alpha value is -1.83. The molecule has 122 valence electrons. The van der Waals surface area contributed by atoms with E-state index >= 15 is 0 Å². The van der Waals surface area contributed by atoms with Crippen LogP contribution in [0.5, 0.6) is 0 Å². The number of primary sulfonamides is 1. The number of benzene rings is 1. The van der Waals surface area contributed by atoms with E-state index in [-0.39, 0.29) is 37.0 Å². The van der Waals surface area contributed by atoms with Crippen LogP contribution in [0, 0.1) is 0 Å². The minimum absolute atomic E-state index is 0.123. The predicted octanol–water partition coefficient (Wildman–Crippen LogP) is 1.52. The van der Waals surface area contributed by atoms with Crippen molar-refractivity contribution in [2.45, 2.75) is 4.90 Å². The first-order valence-corrected chi connectivity index (χ1v) is 8.81. The lowest BCUT2D eigenvalue weighted by Gasteiger charge is -2.05. The first-order valence-electron chi connectivity index (χ1n) is 5.68. The Morgan fingerprint density at radius 2 is 1.61 bits per heavy atom. The smallest absolute Gasteiger partial charge is 0.282 e. The van der Waals surface area contributed by atoms with Gasteiger partial charge in [-0.05, 0) is 44.0 Å². The van der Waals surface area contributed by atoms with Crippen molar-refractivity contribution in [2.24, 2.45) is 15.4 Å². The quantitative estimate of drug-likeness (QED) is 0.496. The number of sulfonamides is 1. The largest absolute Gasteiger partial charge is 0.382 e. The molecule has 0 atom stereocenters. The molecule has 0 aliphatic rings. The molecule has 0 saturated heterocycles. The van der Waals surface area contributed by atoms with Gasteiger partial charge in [0.05, 0.1) is 4.90 Å². The standard InChI is InChI=1S/C10H9Br2N7O3S/c11-4-1-3(23(15,21)22)2-5(12)6(4)18-19-7-8(13)16-10(14)17-9(7)20/h1-2H,(H2,15,21,22)(H5,13,14,16,17,20). The fraction of sp³-hybridized carbons (Fsp3) is 0. The molecule has 7 N–H and O–H groups in total. The van der Waals surface area contributed by atoms with Crippen LogP contribution >= 0.6 is 31.9 Å². The number of nitrogens with zero attached hydrogens (tertiary/aromatic N) is 3. The second kappa shape index (κ2) is 6.35. The van der Waals surface area contributed by atoms with E-state index < -0.39 is 15.6 Å². The average Bonchev–Trinajstić information content (AvgIpc) is 2.38. The zero-order valence-electron chi connectivity index (χ0n) is 11.1. The number of aromatic nitrogens is 2. The van der Waals surface area contributed by atoms with Crippen molar-refractivity contribution in [2.75, 3.05) is 11.5 Å². The van der Waals surface area contributed by atoms with Gasteiger partial charge >= 0.3 is 0 Å². The van der Waals surface area contributed by atoms with Crippen LogP contribution in [0.1, 0.15) is 0 Å². The van der Waals surface area contributed by atoms with Crippen molar-refractivity contribution in [3.05, 3.63) is 31.4 Å². The summed E-state index contributed by atoms with van der Waals surface area (Å²) >= 11 is 6.31. The number of azo groups is 1. The number of halogens is 2. The summed E-state index contributed by atoms with van der Waals surface area (Å²) in [5.41, 5.74) is 10.2. The molecule has 2 aromatic rings. The van der Waals surface area contributed by atoms with E-state index in [0.717, 1.165) is 0 Å². The van der Waals surface area contributed by atoms with Gasteiger partial charge in [-0.2, -0.15) is 4.98 Å². The van der Waals surface area contributed by atoms with Crippen LogP contribution in [-0.2, 0) is 10.0 Å². The zero-order chi connectivity index (χ0) is 17.4. The summed E-state index contributed by atoms with van der Waals surface area (Å²) in [7, 11) is -3.88. The van der Waals surface area contributed by atoms with Gasteiger partial charge in [0, 0.05) is 8.95 Å². The number of hydrogen-bond donors (Lipinski definition) is 4. The molecule has 10 nitrogen and oxygen atoms in total. The molecule has 0 aliphatic carbocycles. The van der Waals surface area contributed by atoms with Crippen molar-refractivity contribution >= 4 is 65.0 Å². The Labute approximate surface area is 146 Å². The maximum atomic E-state index is 11.7. The normalized spacial score (nSPS) is 12.0. The van der Waals surface area contributed by atoms with Crippen molar-refractivity contribution in [3.8, 4) is 0 Å². The monoisotopic (exact) mass is 465 g/mol. The summed E-state index contributed by atoms with van der Waals surface area (Å²) in [4.78, 5) is 17.5. The van der Waals surface area contributed by atoms with Crippen LogP contribution in [0.2, 0.25) is 0 Å². The Bertz CT molecular complexity index is 948. The highest BCUT2D eigenvalue weighted by atomic mass is 79.9. The Morgan fingerprint density at radius 3 is 2.09 bits per heavy atom. The molecule has 0 amide bonds. The zero-order valence-corrected chi connectivity index (χ0v) is 15.1. The summed E-state index contributed by atoms with van der Waals surface area (Å²) < 4.78 is 23.3. The first-order chi connectivity index (χ1) is 10.6. The lowest BCUT2D eigenvalue weighted by molar-refractivity contribution is 0.597. The van der Waals surface area contributed by atoms with Crippen LogP contribution in [0.3, 0.4) is 0 Å². The van der Waals surface area contributed by atoms with Crippen LogP contribution in [0.4, 0.5) is 23.1 Å². The van der Waals surface area contributed by atoms with Crippen molar-refractivity contribution in [3.63, 3.8) is 0 Å². The molecule has 0 fully saturated rings. The molecule has 0 aliphatic heterocycles. The molecule has 0 saturated carbocycles. The molecule has 1 aromatic heterocycles. The van der Waals surface area contributed by atoms with E-state index in [1.165, 1.54) is 12.1 Å². The number of nitrogen functional groups attached to an aromatic ring is 2. The van der Waals surface area contributed by atoms with Crippen molar-refractivity contribution in [1.29, 1.82) is 0 Å². The van der Waals surface area contributed by atoms with Crippen molar-refractivity contribution < 1.29 is 8.42 Å². The van der Waals surface area contributed by atoms with E-state index in [2.05, 4.69) is 52.1 Å². The van der Waals surface area contributed by atoms with E-state index in [4.69, 9.17) is 16.6 Å². The van der Waals surface area contributed by atoms with Gasteiger partial charge in [0.15, 0.2) is 11.5 Å². The van der Waals surface area contributed by atoms with Crippen LogP contribution in [0.15, 0.2) is 41.0 Å². The lowest BCUT2D eigenvalue weighted by atomic mass is 10.3. The molecule has 23 heavy (non-hydrogen) atoms. The highest BCUT2D eigenvalue weighted by Gasteiger charge is 2.15. The van der Waals surface area contributed by atoms with E-state index in [9.17, 15) is 13.2 Å². The molecule has 1 aromatic carbocycles. The van der Waals surface area contributed by atoms with Crippen LogP contribution in [-0.4, -0.2) is 18.4 Å². The molecule has 0 spiro atoms. The Morgan fingerprint density at radius 1 is 1.09 bits per heavy atom. The molecule has 1 heterocycles. The average molecular weight is 467 g/mol. The van der Waals surface area contributed by atoms with Gasteiger partial charge in [0.1, 0.15) is 5.69 Å². The van der Waals surface area contributed by atoms with E-state index in [1.807, 2.05) is 0 Å². The van der Waals surface area contributed by atoms with Gasteiger partial charge in [0.2, 0.25) is 16.0 Å².